The van der Waals surface area contributed by atoms with Crippen LogP contribution in [0, 0.1) is 0 Å². The Bertz CT molecular complexity index is 2450. The molecule has 6 rings (SSSR count). The Morgan fingerprint density at radius 3 is 2.47 bits per heavy atom. The minimum Gasteiger partial charge on any atom is -0.546 e. The number of nitrogens with zero attached hydrogens (tertiary/aromatic N) is 2. The number of phenolic OH excluding ortho intramolecular Hbond substituents is 1. The normalized spacial score (nSPS) is 13.6. The standard InChI is InChI=1S/C34H28N3O13P/c38-20-5-8-24-27(12-20)50-28-13-21(39)6-9-25(28)30(24)23-7-4-18(11-26(23)32(42)43)31(41)35-15-22(40)17-36-16-19(37-10-2-1-3-29(36)37)14-34(46,33(44)45)51(47,48)49/h1-13,16,22,40,46H,14-15,17H2,(H5-,35,38,39,41,42,43,44,45,47,48,49). The van der Waals surface area contributed by atoms with Crippen LogP contribution in [0.5, 0.6) is 5.75 Å². The van der Waals surface area contributed by atoms with Crippen molar-refractivity contribution in [1.82, 2.24) is 9.72 Å². The first-order valence-electron chi connectivity index (χ1n) is 15.1. The summed E-state index contributed by atoms with van der Waals surface area (Å²) in [4.78, 5) is 68.4. The number of aromatic hydroxyl groups is 1. The van der Waals surface area contributed by atoms with Gasteiger partial charge in [0.15, 0.2) is 11.1 Å². The number of hydrogen-bond acceptors (Lipinski definition) is 10. The zero-order valence-corrected chi connectivity index (χ0v) is 27.1. The largest absolute Gasteiger partial charge is 0.546 e. The van der Waals surface area contributed by atoms with E-state index in [4.69, 9.17) is 4.42 Å². The number of carbonyl (C=O) groups is 3. The molecule has 0 saturated carbocycles. The minimum absolute atomic E-state index is 0.0314. The van der Waals surface area contributed by atoms with Crippen LogP contribution in [-0.4, -0.2) is 70.5 Å². The van der Waals surface area contributed by atoms with E-state index in [9.17, 15) is 59.1 Å². The van der Waals surface area contributed by atoms with Crippen LogP contribution < -0.4 is 20.4 Å². The van der Waals surface area contributed by atoms with E-state index in [1.54, 1.807) is 18.2 Å². The molecule has 2 aliphatic rings. The lowest BCUT2D eigenvalue weighted by Gasteiger charge is -2.28. The second-order valence-corrected chi connectivity index (χ2v) is 13.6. The Morgan fingerprint density at radius 2 is 1.76 bits per heavy atom. The fourth-order valence-electron chi connectivity index (χ4n) is 5.88. The molecule has 17 heteroatoms. The number of fused-ring (bicyclic) bond motifs is 3. The van der Waals surface area contributed by atoms with Crippen molar-refractivity contribution in [1.29, 1.82) is 0 Å². The number of hydrogen-bond donors (Lipinski definition) is 7. The zero-order chi connectivity index (χ0) is 36.8. The summed E-state index contributed by atoms with van der Waals surface area (Å²) in [6.07, 6.45) is 0.435. The summed E-state index contributed by atoms with van der Waals surface area (Å²) < 4.78 is 20.5. The summed E-state index contributed by atoms with van der Waals surface area (Å²) in [5, 5.41) is 52.4. The topological polar surface area (TPSA) is 263 Å². The lowest BCUT2D eigenvalue weighted by Crippen LogP contribution is -2.49. The number of aromatic nitrogens is 2. The summed E-state index contributed by atoms with van der Waals surface area (Å²) in [6, 6.07) is 17.0. The molecule has 51 heavy (non-hydrogen) atoms. The van der Waals surface area contributed by atoms with Crippen LogP contribution in [0.2, 0.25) is 0 Å². The average Bonchev–Trinajstić information content (AvgIpc) is 3.41. The number of nitrogens with one attached hydrogen (secondary N) is 1. The van der Waals surface area contributed by atoms with Gasteiger partial charge in [-0.05, 0) is 48.0 Å². The number of carboxylic acids is 2. The van der Waals surface area contributed by atoms with Gasteiger partial charge in [0.25, 0.3) is 11.6 Å². The predicted molar refractivity (Wildman–Crippen MR) is 175 cm³/mol. The van der Waals surface area contributed by atoms with Gasteiger partial charge in [0, 0.05) is 46.8 Å². The number of benzene rings is 3. The molecule has 2 aromatic heterocycles. The van der Waals surface area contributed by atoms with Gasteiger partial charge >= 0.3 is 13.6 Å². The molecule has 262 valence electrons. The summed E-state index contributed by atoms with van der Waals surface area (Å²) >= 11 is 0. The van der Waals surface area contributed by atoms with Crippen molar-refractivity contribution in [2.24, 2.45) is 0 Å². The Balaban J connectivity index is 1.25. The molecule has 0 saturated heterocycles. The number of imidazole rings is 1. The molecule has 0 bridgehead atoms. The van der Waals surface area contributed by atoms with E-state index < -0.39 is 43.3 Å². The van der Waals surface area contributed by atoms with Gasteiger partial charge in [0.1, 0.15) is 35.9 Å². The fourth-order valence-corrected chi connectivity index (χ4v) is 6.48. The molecule has 0 radical (unpaired) electrons. The van der Waals surface area contributed by atoms with E-state index in [0.29, 0.717) is 22.2 Å². The highest BCUT2D eigenvalue weighted by atomic mass is 31.2. The van der Waals surface area contributed by atoms with E-state index in [0.717, 1.165) is 6.07 Å². The smallest absolute Gasteiger partial charge is 0.363 e. The van der Waals surface area contributed by atoms with Crippen LogP contribution in [0.1, 0.15) is 26.4 Å². The zero-order valence-electron chi connectivity index (χ0n) is 26.2. The van der Waals surface area contributed by atoms with Gasteiger partial charge < -0.3 is 49.8 Å². The van der Waals surface area contributed by atoms with Crippen molar-refractivity contribution in [2.45, 2.75) is 24.4 Å². The van der Waals surface area contributed by atoms with Crippen molar-refractivity contribution < 1.29 is 63.3 Å². The number of rotatable bonds is 11. The number of aliphatic hydroxyl groups excluding tert-OH is 1. The second-order valence-electron chi connectivity index (χ2n) is 11.8. The maximum absolute atomic E-state index is 13.2. The monoisotopic (exact) mass is 717 g/mol. The number of carbonyl (C=O) groups excluding carboxylic acids is 2. The molecule has 0 spiro atoms. The highest BCUT2D eigenvalue weighted by Crippen LogP contribution is 2.50. The number of pyridine rings is 1. The van der Waals surface area contributed by atoms with Gasteiger partial charge in [-0.1, -0.05) is 12.1 Å². The van der Waals surface area contributed by atoms with Crippen molar-refractivity contribution in [2.75, 3.05) is 6.54 Å². The third kappa shape index (κ3) is 6.57. The van der Waals surface area contributed by atoms with Crippen LogP contribution >= 0.6 is 7.60 Å². The van der Waals surface area contributed by atoms with Crippen LogP contribution in [0.4, 0.5) is 0 Å². The van der Waals surface area contributed by atoms with E-state index in [2.05, 4.69) is 5.32 Å². The first-order valence-corrected chi connectivity index (χ1v) is 16.7. The highest BCUT2D eigenvalue weighted by Gasteiger charge is 2.49. The Kier molecular flexibility index (Phi) is 8.97. The number of aliphatic hydroxyl groups is 2. The molecular weight excluding hydrogens is 689 g/mol. The van der Waals surface area contributed by atoms with Crippen LogP contribution in [0.15, 0.2) is 94.4 Å². The van der Waals surface area contributed by atoms with E-state index in [-0.39, 0.29) is 58.0 Å². The lowest BCUT2D eigenvalue weighted by molar-refractivity contribution is -0.678. The number of phenols is 1. The van der Waals surface area contributed by atoms with Gasteiger partial charge in [-0.15, -0.1) is 0 Å². The van der Waals surface area contributed by atoms with Crippen molar-refractivity contribution >= 4 is 42.1 Å². The van der Waals surface area contributed by atoms with Gasteiger partial charge in [0.05, 0.1) is 24.2 Å². The van der Waals surface area contributed by atoms with Crippen molar-refractivity contribution in [3.05, 3.63) is 112 Å². The molecule has 1 aliphatic carbocycles. The lowest BCUT2D eigenvalue weighted by atomic mass is 9.90. The minimum atomic E-state index is -5.60. The molecule has 2 unspecified atom stereocenters. The molecular formula is C34H28N3O13P. The van der Waals surface area contributed by atoms with E-state index in [1.165, 1.54) is 69.9 Å². The molecule has 2 atom stereocenters. The SMILES string of the molecule is O=C(NCC(O)C[n+]1cc(CC(O)(C(=O)[O-])P(=O)(O)O)n2ccccc21)c1ccc(-c2c3ccc(=O)cc-3oc3cc(O)ccc23)c(C(=O)O)c1. The Labute approximate surface area is 286 Å². The van der Waals surface area contributed by atoms with E-state index >= 15 is 0 Å². The second kappa shape index (κ2) is 13.1. The summed E-state index contributed by atoms with van der Waals surface area (Å²) in [5.74, 6) is -4.42. The van der Waals surface area contributed by atoms with Crippen LogP contribution in [-0.2, 0) is 22.3 Å². The average molecular weight is 718 g/mol. The Hall–Kier alpha value is -5.90. The molecule has 16 nitrogen and oxygen atoms in total. The van der Waals surface area contributed by atoms with Crippen molar-refractivity contribution in [3.8, 4) is 28.2 Å². The molecule has 3 heterocycles. The first-order chi connectivity index (χ1) is 24.1. The fraction of sp³-hybridized carbons (Fsp3) is 0.147. The first kappa shape index (κ1) is 34.9. The number of aliphatic carboxylic acids is 1. The molecule has 0 fully saturated rings. The molecule has 1 aliphatic heterocycles. The maximum Gasteiger partial charge on any atom is 0.363 e. The van der Waals surface area contributed by atoms with Crippen LogP contribution in [0.25, 0.3) is 39.1 Å². The summed E-state index contributed by atoms with van der Waals surface area (Å²) in [6.45, 7) is -0.538. The Morgan fingerprint density at radius 1 is 1.02 bits per heavy atom. The molecule has 4 aromatic rings. The van der Waals surface area contributed by atoms with Gasteiger partial charge in [0.2, 0.25) is 5.34 Å². The van der Waals surface area contributed by atoms with Gasteiger partial charge in [-0.3, -0.25) is 14.2 Å². The third-order valence-corrected chi connectivity index (χ3v) is 9.65. The van der Waals surface area contributed by atoms with Gasteiger partial charge in [-0.25, -0.2) is 9.36 Å². The predicted octanol–water partition coefficient (Wildman–Crippen LogP) is 0.458. The molecule has 2 aromatic carbocycles. The quantitative estimate of drug-likeness (QED) is 0.0546. The number of carboxylic acid groups (broad SMARTS) is 2. The van der Waals surface area contributed by atoms with Gasteiger partial charge in [-0.2, -0.15) is 4.40 Å². The summed E-state index contributed by atoms with van der Waals surface area (Å²) in [7, 11) is -5.60. The van der Waals surface area contributed by atoms with Crippen LogP contribution in [0.3, 0.4) is 0 Å². The molecule has 1 amide bonds. The summed E-state index contributed by atoms with van der Waals surface area (Å²) in [5.41, 5.74) is 0.848. The third-order valence-electron chi connectivity index (χ3n) is 8.35. The highest BCUT2D eigenvalue weighted by molar-refractivity contribution is 7.54. The maximum atomic E-state index is 13.2. The molecule has 7 N–H and O–H groups in total. The number of aromatic carboxylic acids is 1. The van der Waals surface area contributed by atoms with Crippen molar-refractivity contribution in [3.63, 3.8) is 0 Å². The van der Waals surface area contributed by atoms with E-state index in [1.807, 2.05) is 0 Å². The number of amides is 1.